The summed E-state index contributed by atoms with van der Waals surface area (Å²) in [5.41, 5.74) is 3.77. The molecule has 0 saturated carbocycles. The number of nitrogens with zero attached hydrogens (tertiary/aromatic N) is 3. The lowest BCUT2D eigenvalue weighted by molar-refractivity contribution is -0.141. The lowest BCUT2D eigenvalue weighted by Gasteiger charge is -2.15. The third-order valence-electron chi connectivity index (χ3n) is 5.61. The molecule has 10 heteroatoms. The summed E-state index contributed by atoms with van der Waals surface area (Å²) < 4.78 is 25.3. The van der Waals surface area contributed by atoms with Crippen LogP contribution in [-0.2, 0) is 26.0 Å². The average Bonchev–Trinajstić information content (AvgIpc) is 3.11. The normalized spacial score (nSPS) is 12.9. The van der Waals surface area contributed by atoms with Gasteiger partial charge < -0.3 is 15.0 Å². The van der Waals surface area contributed by atoms with Gasteiger partial charge in [0, 0.05) is 24.1 Å². The van der Waals surface area contributed by atoms with Crippen molar-refractivity contribution in [2.24, 2.45) is 0 Å². The molecule has 1 atom stereocenters. The molecule has 0 fully saturated rings. The molecule has 1 unspecified atom stereocenters. The molecule has 2 aromatic heterocycles. The summed E-state index contributed by atoms with van der Waals surface area (Å²) in [6.07, 6.45) is -0.170. The number of rotatable bonds is 9. The Labute approximate surface area is 190 Å². The highest BCUT2D eigenvalue weighted by molar-refractivity contribution is 7.91. The smallest absolute Gasteiger partial charge is 0.326 e. The largest absolute Gasteiger partial charge is 0.480 e. The molecule has 2 N–H and O–H groups in total. The maximum absolute atomic E-state index is 12.6. The van der Waals surface area contributed by atoms with Crippen molar-refractivity contribution in [3.8, 4) is 0 Å². The second kappa shape index (κ2) is 9.14. The van der Waals surface area contributed by atoms with Crippen molar-refractivity contribution in [1.29, 1.82) is 0 Å². The van der Waals surface area contributed by atoms with Crippen molar-refractivity contribution in [1.82, 2.24) is 19.9 Å². The van der Waals surface area contributed by atoms with Crippen LogP contribution in [0.15, 0.2) is 48.5 Å². The molecule has 1 amide bonds. The molecule has 0 bridgehead atoms. The van der Waals surface area contributed by atoms with Gasteiger partial charge in [-0.05, 0) is 24.6 Å². The Balaban J connectivity index is 1.57. The van der Waals surface area contributed by atoms with E-state index in [0.29, 0.717) is 5.65 Å². The van der Waals surface area contributed by atoms with Crippen LogP contribution in [0.2, 0.25) is 0 Å². The third kappa shape index (κ3) is 4.80. The Hall–Kier alpha value is -3.53. The van der Waals surface area contributed by atoms with Gasteiger partial charge >= 0.3 is 5.97 Å². The van der Waals surface area contributed by atoms with Crippen molar-refractivity contribution in [3.05, 3.63) is 48.5 Å². The summed E-state index contributed by atoms with van der Waals surface area (Å²) in [4.78, 5) is 33.6. The summed E-state index contributed by atoms with van der Waals surface area (Å²) in [5.74, 6) is -2.10. The highest BCUT2D eigenvalue weighted by atomic mass is 32.2. The fourth-order valence-corrected chi connectivity index (χ4v) is 4.67. The number of hydrogen-bond donors (Lipinski definition) is 2. The third-order valence-corrected chi connectivity index (χ3v) is 7.35. The number of aliphatic carboxylic acids is 1. The molecule has 0 radical (unpaired) electrons. The minimum Gasteiger partial charge on any atom is -0.480 e. The van der Waals surface area contributed by atoms with Crippen molar-refractivity contribution >= 4 is 54.8 Å². The van der Waals surface area contributed by atoms with Crippen LogP contribution in [0.4, 0.5) is 0 Å². The fourth-order valence-electron chi connectivity index (χ4n) is 3.79. The molecule has 9 nitrogen and oxygen atoms in total. The number of carboxylic acid groups (broad SMARTS) is 1. The molecule has 0 aliphatic heterocycles. The van der Waals surface area contributed by atoms with Crippen molar-refractivity contribution in [3.63, 3.8) is 0 Å². The Morgan fingerprint density at radius 3 is 2.42 bits per heavy atom. The van der Waals surface area contributed by atoms with E-state index in [1.54, 1.807) is 0 Å². The zero-order valence-corrected chi connectivity index (χ0v) is 18.9. The molecule has 0 saturated heterocycles. The topological polar surface area (TPSA) is 131 Å². The van der Waals surface area contributed by atoms with Gasteiger partial charge in [0.1, 0.15) is 21.4 Å². The molecule has 0 spiro atoms. The van der Waals surface area contributed by atoms with Gasteiger partial charge in [-0.1, -0.05) is 37.3 Å². The fraction of sp³-hybridized carbons (Fsp3) is 0.304. The number of carbonyl (C=O) groups excluding carboxylic acids is 1. The molecule has 172 valence electrons. The Morgan fingerprint density at radius 1 is 1.06 bits per heavy atom. The van der Waals surface area contributed by atoms with Crippen LogP contribution in [-0.4, -0.2) is 57.5 Å². The number of nitrogens with one attached hydrogen (secondary N) is 1. The van der Waals surface area contributed by atoms with E-state index in [1.165, 1.54) is 6.92 Å². The number of carbonyl (C=O) groups is 2. The molecular formula is C23H24N4O5S. The summed E-state index contributed by atoms with van der Waals surface area (Å²) >= 11 is 0. The number of fused-ring (bicyclic) bond motifs is 4. The predicted molar refractivity (Wildman–Crippen MR) is 126 cm³/mol. The maximum Gasteiger partial charge on any atom is 0.326 e. The van der Waals surface area contributed by atoms with Gasteiger partial charge in [0.2, 0.25) is 5.91 Å². The number of para-hydroxylation sites is 3. The second-order valence-corrected chi connectivity index (χ2v) is 10.3. The minimum atomic E-state index is -3.33. The number of benzene rings is 2. The van der Waals surface area contributed by atoms with Gasteiger partial charge in [-0.3, -0.25) is 4.79 Å². The van der Waals surface area contributed by atoms with E-state index in [9.17, 15) is 23.1 Å². The van der Waals surface area contributed by atoms with E-state index in [4.69, 9.17) is 9.97 Å². The number of amides is 1. The molecule has 4 rings (SSSR count). The second-order valence-electron chi connectivity index (χ2n) is 7.79. The average molecular weight is 469 g/mol. The lowest BCUT2D eigenvalue weighted by atomic mass is 10.2. The van der Waals surface area contributed by atoms with Crippen LogP contribution in [0, 0.1) is 0 Å². The summed E-state index contributed by atoms with van der Waals surface area (Å²) in [6, 6.07) is 14.0. The van der Waals surface area contributed by atoms with Crippen molar-refractivity contribution in [2.75, 3.05) is 11.5 Å². The van der Waals surface area contributed by atoms with Gasteiger partial charge in [0.05, 0.1) is 22.3 Å². The number of carboxylic acids is 1. The van der Waals surface area contributed by atoms with Crippen LogP contribution in [0.3, 0.4) is 0 Å². The van der Waals surface area contributed by atoms with Crippen molar-refractivity contribution in [2.45, 2.75) is 32.4 Å². The van der Waals surface area contributed by atoms with E-state index < -0.39 is 27.8 Å². The molecule has 0 aliphatic carbocycles. The van der Waals surface area contributed by atoms with Crippen LogP contribution in [0.25, 0.3) is 33.1 Å². The van der Waals surface area contributed by atoms with E-state index in [0.717, 1.165) is 27.5 Å². The van der Waals surface area contributed by atoms with Gasteiger partial charge in [0.25, 0.3) is 0 Å². The highest BCUT2D eigenvalue weighted by Crippen LogP contribution is 2.28. The molecule has 2 heterocycles. The maximum atomic E-state index is 12.6. The first-order chi connectivity index (χ1) is 15.8. The van der Waals surface area contributed by atoms with Crippen molar-refractivity contribution < 1.29 is 23.1 Å². The first kappa shape index (κ1) is 22.7. The molecule has 0 aliphatic rings. The standard InChI is InChI=1S/C23H24N4O5S/c1-2-33(31,32)14-12-18(23(29)30)24-20(28)11-13-27-19-10-6-3-7-15(19)21-22(27)26-17-9-5-4-8-16(17)25-21/h3-10,18H,2,11-14H2,1H3,(H,24,28)(H,29,30). The number of sulfone groups is 1. The van der Waals surface area contributed by atoms with Crippen LogP contribution in [0.1, 0.15) is 19.8 Å². The first-order valence-corrected chi connectivity index (χ1v) is 12.5. The quantitative estimate of drug-likeness (QED) is 0.386. The molecular weight excluding hydrogens is 444 g/mol. The first-order valence-electron chi connectivity index (χ1n) is 10.7. The lowest BCUT2D eigenvalue weighted by Crippen LogP contribution is -2.42. The Morgan fingerprint density at radius 2 is 1.73 bits per heavy atom. The van der Waals surface area contributed by atoms with Gasteiger partial charge in [-0.15, -0.1) is 0 Å². The highest BCUT2D eigenvalue weighted by Gasteiger charge is 2.23. The monoisotopic (exact) mass is 468 g/mol. The predicted octanol–water partition coefficient (Wildman–Crippen LogP) is 2.52. The molecule has 2 aromatic carbocycles. The molecule has 33 heavy (non-hydrogen) atoms. The van der Waals surface area contributed by atoms with Gasteiger partial charge in [-0.2, -0.15) is 0 Å². The zero-order valence-electron chi connectivity index (χ0n) is 18.1. The Bertz CT molecular complexity index is 1460. The van der Waals surface area contributed by atoms with Crippen LogP contribution < -0.4 is 5.32 Å². The van der Waals surface area contributed by atoms with E-state index in [1.807, 2.05) is 53.1 Å². The van der Waals surface area contributed by atoms with Gasteiger partial charge in [0.15, 0.2) is 5.65 Å². The summed E-state index contributed by atoms with van der Waals surface area (Å²) in [6.45, 7) is 1.77. The SMILES string of the molecule is CCS(=O)(=O)CCC(NC(=O)CCn1c2ccccc2c2nc3ccccc3nc21)C(=O)O. The summed E-state index contributed by atoms with van der Waals surface area (Å²) in [5, 5.41) is 12.8. The van der Waals surface area contributed by atoms with E-state index in [2.05, 4.69) is 5.32 Å². The van der Waals surface area contributed by atoms with E-state index >= 15 is 0 Å². The number of aromatic nitrogens is 3. The van der Waals surface area contributed by atoms with Gasteiger partial charge in [-0.25, -0.2) is 23.2 Å². The minimum absolute atomic E-state index is 0.00654. The van der Waals surface area contributed by atoms with Crippen LogP contribution in [0.5, 0.6) is 0 Å². The van der Waals surface area contributed by atoms with Crippen LogP contribution >= 0.6 is 0 Å². The van der Waals surface area contributed by atoms with E-state index in [-0.39, 0.29) is 30.9 Å². The Kier molecular flexibility index (Phi) is 6.28. The molecule has 4 aromatic rings. The number of aryl methyl sites for hydroxylation is 1. The number of hydrogen-bond acceptors (Lipinski definition) is 6. The zero-order chi connectivity index (χ0) is 23.6. The summed E-state index contributed by atoms with van der Waals surface area (Å²) in [7, 11) is -3.33.